The lowest BCUT2D eigenvalue weighted by Gasteiger charge is -2.08. The number of hydrogen-bond acceptors (Lipinski definition) is 5. The standard InChI is InChI=1S/C22H19FN4O3/c1-29-19-10-9-16(12-17(19)23)21-25-22(30-26-21)18-8-5-11-27(18)14-20(28)24-13-15-6-3-2-4-7-15/h2-12H,13-14H2,1H3,(H,24,28). The van der Waals surface area contributed by atoms with Gasteiger partial charge in [-0.15, -0.1) is 0 Å². The van der Waals surface area contributed by atoms with Crippen molar-refractivity contribution in [2.75, 3.05) is 7.11 Å². The first-order valence-corrected chi connectivity index (χ1v) is 9.28. The van der Waals surface area contributed by atoms with Crippen LogP contribution in [0.1, 0.15) is 5.56 Å². The molecular formula is C22H19FN4O3. The van der Waals surface area contributed by atoms with Crippen molar-refractivity contribution in [1.82, 2.24) is 20.0 Å². The third-order valence-electron chi connectivity index (χ3n) is 4.53. The van der Waals surface area contributed by atoms with E-state index in [9.17, 15) is 9.18 Å². The zero-order valence-corrected chi connectivity index (χ0v) is 16.2. The molecule has 0 aliphatic carbocycles. The van der Waals surface area contributed by atoms with Crippen molar-refractivity contribution in [1.29, 1.82) is 0 Å². The van der Waals surface area contributed by atoms with Crippen LogP contribution in [0.3, 0.4) is 0 Å². The highest BCUT2D eigenvalue weighted by Gasteiger charge is 2.16. The van der Waals surface area contributed by atoms with Crippen molar-refractivity contribution < 1.29 is 18.4 Å². The molecule has 0 bridgehead atoms. The second kappa shape index (κ2) is 8.60. The van der Waals surface area contributed by atoms with E-state index < -0.39 is 5.82 Å². The number of nitrogens with one attached hydrogen (secondary N) is 1. The molecule has 30 heavy (non-hydrogen) atoms. The number of methoxy groups -OCH3 is 1. The van der Waals surface area contributed by atoms with Crippen LogP contribution in [-0.2, 0) is 17.9 Å². The molecule has 0 radical (unpaired) electrons. The van der Waals surface area contributed by atoms with Crippen LogP contribution >= 0.6 is 0 Å². The average molecular weight is 406 g/mol. The van der Waals surface area contributed by atoms with Crippen LogP contribution < -0.4 is 10.1 Å². The fraction of sp³-hybridized carbons (Fsp3) is 0.136. The van der Waals surface area contributed by atoms with Gasteiger partial charge in [0.05, 0.1) is 7.11 Å². The van der Waals surface area contributed by atoms with Crippen LogP contribution in [0.25, 0.3) is 23.0 Å². The van der Waals surface area contributed by atoms with E-state index in [-0.39, 0.29) is 29.9 Å². The minimum absolute atomic E-state index is 0.101. The summed E-state index contributed by atoms with van der Waals surface area (Å²) in [7, 11) is 1.40. The number of amides is 1. The first kappa shape index (κ1) is 19.4. The zero-order chi connectivity index (χ0) is 20.9. The molecule has 0 aliphatic heterocycles. The molecule has 2 aromatic carbocycles. The van der Waals surface area contributed by atoms with E-state index in [1.807, 2.05) is 30.3 Å². The van der Waals surface area contributed by atoms with Crippen LogP contribution in [-0.4, -0.2) is 27.7 Å². The molecule has 7 nitrogen and oxygen atoms in total. The molecule has 1 N–H and O–H groups in total. The molecule has 0 saturated carbocycles. The number of benzene rings is 2. The lowest BCUT2D eigenvalue weighted by Crippen LogP contribution is -2.27. The highest BCUT2D eigenvalue weighted by Crippen LogP contribution is 2.26. The summed E-state index contributed by atoms with van der Waals surface area (Å²) < 4.78 is 25.9. The minimum atomic E-state index is -0.514. The monoisotopic (exact) mass is 406 g/mol. The smallest absolute Gasteiger partial charge is 0.274 e. The summed E-state index contributed by atoms with van der Waals surface area (Å²) in [6, 6.07) is 17.7. The first-order chi connectivity index (χ1) is 14.6. The summed E-state index contributed by atoms with van der Waals surface area (Å²) >= 11 is 0. The van der Waals surface area contributed by atoms with Crippen LogP contribution in [0.15, 0.2) is 71.4 Å². The lowest BCUT2D eigenvalue weighted by atomic mass is 10.2. The molecule has 2 aromatic heterocycles. The Kier molecular flexibility index (Phi) is 5.56. The molecule has 2 heterocycles. The maximum Gasteiger partial charge on any atom is 0.274 e. The van der Waals surface area contributed by atoms with E-state index in [0.717, 1.165) is 5.56 Å². The largest absolute Gasteiger partial charge is 0.494 e. The second-order valence-corrected chi connectivity index (χ2v) is 6.56. The second-order valence-electron chi connectivity index (χ2n) is 6.56. The van der Waals surface area contributed by atoms with E-state index in [2.05, 4.69) is 15.5 Å². The summed E-state index contributed by atoms with van der Waals surface area (Å²) in [4.78, 5) is 16.7. The maximum atomic E-state index is 14.0. The van der Waals surface area contributed by atoms with Gasteiger partial charge in [0, 0.05) is 18.3 Å². The first-order valence-electron chi connectivity index (χ1n) is 9.28. The topological polar surface area (TPSA) is 82.2 Å². The molecule has 0 spiro atoms. The van der Waals surface area contributed by atoms with Gasteiger partial charge >= 0.3 is 0 Å². The Morgan fingerprint density at radius 3 is 2.77 bits per heavy atom. The Bertz CT molecular complexity index is 1150. The van der Waals surface area contributed by atoms with Gasteiger partial charge in [0.2, 0.25) is 11.7 Å². The number of rotatable bonds is 7. The third kappa shape index (κ3) is 4.22. The van der Waals surface area contributed by atoms with Gasteiger partial charge in [-0.05, 0) is 35.9 Å². The maximum absolute atomic E-state index is 14.0. The molecular weight excluding hydrogens is 387 g/mol. The van der Waals surface area contributed by atoms with Crippen molar-refractivity contribution in [2.45, 2.75) is 13.1 Å². The van der Waals surface area contributed by atoms with Gasteiger partial charge in [-0.3, -0.25) is 4.79 Å². The Labute approximate surface area is 172 Å². The van der Waals surface area contributed by atoms with Crippen LogP contribution in [0, 0.1) is 5.82 Å². The molecule has 1 amide bonds. The number of ether oxygens (including phenoxy) is 1. The van der Waals surface area contributed by atoms with Crippen molar-refractivity contribution in [3.63, 3.8) is 0 Å². The van der Waals surface area contributed by atoms with Gasteiger partial charge in [0.15, 0.2) is 11.6 Å². The summed E-state index contributed by atoms with van der Waals surface area (Å²) in [5.74, 6) is -0.0409. The van der Waals surface area contributed by atoms with Gasteiger partial charge < -0.3 is 19.1 Å². The summed E-state index contributed by atoms with van der Waals surface area (Å²) in [5, 5.41) is 6.81. The van der Waals surface area contributed by atoms with Gasteiger partial charge in [0.25, 0.3) is 5.89 Å². The van der Waals surface area contributed by atoms with Crippen molar-refractivity contribution in [2.24, 2.45) is 0 Å². The number of nitrogens with zero attached hydrogens (tertiary/aromatic N) is 3. The van der Waals surface area contributed by atoms with Crippen LogP contribution in [0.4, 0.5) is 4.39 Å². The SMILES string of the molecule is COc1ccc(-c2noc(-c3cccn3CC(=O)NCc3ccccc3)n2)cc1F. The van der Waals surface area contributed by atoms with Gasteiger partial charge in [-0.25, -0.2) is 4.39 Å². The number of carbonyl (C=O) groups is 1. The molecule has 0 atom stereocenters. The van der Waals surface area contributed by atoms with Gasteiger partial charge in [-0.1, -0.05) is 35.5 Å². The molecule has 4 aromatic rings. The van der Waals surface area contributed by atoms with Gasteiger partial charge in [0.1, 0.15) is 12.2 Å². The minimum Gasteiger partial charge on any atom is -0.494 e. The molecule has 8 heteroatoms. The summed E-state index contributed by atoms with van der Waals surface area (Å²) in [6.45, 7) is 0.550. The summed E-state index contributed by atoms with van der Waals surface area (Å²) in [5.41, 5.74) is 2.08. The molecule has 152 valence electrons. The Morgan fingerprint density at radius 2 is 2.00 bits per heavy atom. The lowest BCUT2D eigenvalue weighted by molar-refractivity contribution is -0.121. The molecule has 0 aliphatic rings. The number of aromatic nitrogens is 3. The number of carbonyl (C=O) groups excluding carboxylic acids is 1. The fourth-order valence-corrected chi connectivity index (χ4v) is 3.00. The molecule has 4 rings (SSSR count). The Balaban J connectivity index is 1.47. The third-order valence-corrected chi connectivity index (χ3v) is 4.53. The Hall–Kier alpha value is -3.94. The van der Waals surface area contributed by atoms with E-state index >= 15 is 0 Å². The Morgan fingerprint density at radius 1 is 1.17 bits per heavy atom. The molecule has 0 saturated heterocycles. The number of halogens is 1. The van der Waals surface area contributed by atoms with Crippen molar-refractivity contribution in [3.8, 4) is 28.7 Å². The summed E-state index contributed by atoms with van der Waals surface area (Å²) in [6.07, 6.45) is 1.76. The normalized spacial score (nSPS) is 10.7. The van der Waals surface area contributed by atoms with Crippen LogP contribution in [0.5, 0.6) is 5.75 Å². The van der Waals surface area contributed by atoms with Gasteiger partial charge in [-0.2, -0.15) is 4.98 Å². The zero-order valence-electron chi connectivity index (χ0n) is 16.2. The number of hydrogen-bond donors (Lipinski definition) is 1. The fourth-order valence-electron chi connectivity index (χ4n) is 3.00. The quantitative estimate of drug-likeness (QED) is 0.506. The predicted octanol–water partition coefficient (Wildman–Crippen LogP) is 3.67. The predicted molar refractivity (Wildman–Crippen MR) is 108 cm³/mol. The van der Waals surface area contributed by atoms with E-state index in [4.69, 9.17) is 9.26 Å². The highest BCUT2D eigenvalue weighted by molar-refractivity contribution is 5.76. The highest BCUT2D eigenvalue weighted by atomic mass is 19.1. The van der Waals surface area contributed by atoms with E-state index in [1.54, 1.807) is 29.0 Å². The van der Waals surface area contributed by atoms with Crippen molar-refractivity contribution >= 4 is 5.91 Å². The average Bonchev–Trinajstić information content (AvgIpc) is 3.42. The van der Waals surface area contributed by atoms with E-state index in [0.29, 0.717) is 17.8 Å². The van der Waals surface area contributed by atoms with Crippen LogP contribution in [0.2, 0.25) is 0 Å². The van der Waals surface area contributed by atoms with E-state index in [1.165, 1.54) is 19.2 Å². The van der Waals surface area contributed by atoms with Crippen molar-refractivity contribution in [3.05, 3.63) is 78.2 Å². The molecule has 0 fully saturated rings. The molecule has 0 unspecified atom stereocenters.